The number of carboxylic acids is 2. The van der Waals surface area contributed by atoms with Gasteiger partial charge in [-0.25, -0.2) is 9.59 Å². The van der Waals surface area contributed by atoms with Gasteiger partial charge in [-0.3, -0.25) is 0 Å². The van der Waals surface area contributed by atoms with E-state index in [1.54, 1.807) is 12.1 Å². The van der Waals surface area contributed by atoms with Crippen LogP contribution in [-0.4, -0.2) is 22.2 Å². The lowest BCUT2D eigenvalue weighted by molar-refractivity contribution is 0.0688. The molecule has 2 N–H and O–H groups in total. The van der Waals surface area contributed by atoms with Gasteiger partial charge in [-0.05, 0) is 85.6 Å². The maximum Gasteiger partial charge on any atom is 0.336 e. The number of hydrogen-bond donors (Lipinski definition) is 2. The fraction of sp³-hybridized carbons (Fsp3) is 0. The smallest absolute Gasteiger partial charge is 0.336 e. The van der Waals surface area contributed by atoms with Crippen molar-refractivity contribution in [2.24, 2.45) is 0 Å². The number of aromatic carboxylic acids is 2. The van der Waals surface area contributed by atoms with Crippen molar-refractivity contribution in [2.75, 3.05) is 0 Å². The molecule has 0 amide bonds. The highest BCUT2D eigenvalue weighted by Crippen LogP contribution is 2.34. The molecule has 28 heavy (non-hydrogen) atoms. The molecule has 0 radical (unpaired) electrons. The summed E-state index contributed by atoms with van der Waals surface area (Å²) in [5, 5.41) is 25.8. The fourth-order valence-electron chi connectivity index (χ4n) is 3.92. The van der Waals surface area contributed by atoms with Crippen molar-refractivity contribution in [1.29, 1.82) is 0 Å². The molecule has 0 fully saturated rings. The molecule has 0 saturated carbocycles. The summed E-state index contributed by atoms with van der Waals surface area (Å²) in [5.41, 5.74) is 0.472. The summed E-state index contributed by atoms with van der Waals surface area (Å²) >= 11 is 0. The van der Waals surface area contributed by atoms with Crippen LogP contribution in [0.2, 0.25) is 0 Å². The third-order valence-electron chi connectivity index (χ3n) is 5.24. The van der Waals surface area contributed by atoms with Crippen LogP contribution in [0.5, 0.6) is 0 Å². The molecule has 0 aliphatic rings. The van der Waals surface area contributed by atoms with Gasteiger partial charge < -0.3 is 10.2 Å². The topological polar surface area (TPSA) is 74.6 Å². The van der Waals surface area contributed by atoms with E-state index in [0.29, 0.717) is 10.8 Å². The second-order valence-corrected chi connectivity index (χ2v) is 6.92. The minimum absolute atomic E-state index is 0.206. The van der Waals surface area contributed by atoms with E-state index in [2.05, 4.69) is 0 Å². The first-order chi connectivity index (χ1) is 13.5. The summed E-state index contributed by atoms with van der Waals surface area (Å²) in [6, 6.07) is 22.3. The Hall–Kier alpha value is -3.92. The monoisotopic (exact) mass is 366 g/mol. The zero-order chi connectivity index (χ0) is 19.4. The average molecular weight is 366 g/mol. The van der Waals surface area contributed by atoms with Crippen LogP contribution in [0.1, 0.15) is 20.7 Å². The molecule has 0 bridgehead atoms. The molecule has 0 aliphatic carbocycles. The van der Waals surface area contributed by atoms with Gasteiger partial charge >= 0.3 is 11.9 Å². The molecule has 0 saturated heterocycles. The molecular formula is C24H14O4. The summed E-state index contributed by atoms with van der Waals surface area (Å²) in [6.07, 6.45) is 0. The first kappa shape index (κ1) is 16.3. The van der Waals surface area contributed by atoms with Crippen LogP contribution in [0.4, 0.5) is 0 Å². The normalized spacial score (nSPS) is 11.4. The number of rotatable bonds is 2. The van der Waals surface area contributed by atoms with Gasteiger partial charge in [-0.2, -0.15) is 0 Å². The van der Waals surface area contributed by atoms with Gasteiger partial charge in [0.1, 0.15) is 0 Å². The Bertz CT molecular complexity index is 1460. The maximum atomic E-state index is 12.2. The largest absolute Gasteiger partial charge is 0.478 e. The standard InChI is InChI=1S/C24H14O4/c25-23(26)16-6-5-15-12-21-19(9-17(15)8-16)10-18-7-13-3-1-2-4-14(13)11-20(18)22(21)24(27)28/h1-12H,(H,25,26)(H,27,28). The van der Waals surface area contributed by atoms with E-state index in [1.807, 2.05) is 54.6 Å². The number of hydrogen-bond acceptors (Lipinski definition) is 2. The number of fused-ring (bicyclic) bond motifs is 4. The van der Waals surface area contributed by atoms with Gasteiger partial charge in [0.2, 0.25) is 0 Å². The maximum absolute atomic E-state index is 12.2. The van der Waals surface area contributed by atoms with Crippen LogP contribution in [-0.2, 0) is 0 Å². The summed E-state index contributed by atoms with van der Waals surface area (Å²) in [6.45, 7) is 0. The average Bonchev–Trinajstić information content (AvgIpc) is 2.68. The molecule has 0 aromatic heterocycles. The first-order valence-electron chi connectivity index (χ1n) is 8.81. The second kappa shape index (κ2) is 5.79. The van der Waals surface area contributed by atoms with Crippen molar-refractivity contribution < 1.29 is 19.8 Å². The Kier molecular flexibility index (Phi) is 3.36. The van der Waals surface area contributed by atoms with Crippen LogP contribution in [0.3, 0.4) is 0 Å². The van der Waals surface area contributed by atoms with E-state index in [-0.39, 0.29) is 11.1 Å². The zero-order valence-electron chi connectivity index (χ0n) is 14.6. The van der Waals surface area contributed by atoms with Crippen LogP contribution in [0.25, 0.3) is 43.1 Å². The molecule has 0 atom stereocenters. The van der Waals surface area contributed by atoms with Gasteiger partial charge in [-0.15, -0.1) is 0 Å². The molecule has 0 aliphatic heterocycles. The zero-order valence-corrected chi connectivity index (χ0v) is 14.6. The third-order valence-corrected chi connectivity index (χ3v) is 5.24. The lowest BCUT2D eigenvalue weighted by Gasteiger charge is -2.11. The van der Waals surface area contributed by atoms with Gasteiger partial charge in [0, 0.05) is 0 Å². The van der Waals surface area contributed by atoms with E-state index in [9.17, 15) is 19.8 Å². The number of benzene rings is 5. The molecule has 5 rings (SSSR count). The van der Waals surface area contributed by atoms with Crippen molar-refractivity contribution in [1.82, 2.24) is 0 Å². The summed E-state index contributed by atoms with van der Waals surface area (Å²) in [4.78, 5) is 23.4. The van der Waals surface area contributed by atoms with Crippen LogP contribution in [0, 0.1) is 0 Å². The molecule has 134 valence electrons. The lowest BCUT2D eigenvalue weighted by Crippen LogP contribution is -2.00. The second-order valence-electron chi connectivity index (χ2n) is 6.92. The molecular weight excluding hydrogens is 352 g/mol. The van der Waals surface area contributed by atoms with Gasteiger partial charge in [0.05, 0.1) is 11.1 Å². The predicted molar refractivity (Wildman–Crippen MR) is 110 cm³/mol. The molecule has 5 aromatic rings. The minimum Gasteiger partial charge on any atom is -0.478 e. The number of carbonyl (C=O) groups is 2. The van der Waals surface area contributed by atoms with E-state index < -0.39 is 11.9 Å². The molecule has 4 nitrogen and oxygen atoms in total. The number of carboxylic acid groups (broad SMARTS) is 2. The highest BCUT2D eigenvalue weighted by molar-refractivity contribution is 6.20. The summed E-state index contributed by atoms with van der Waals surface area (Å²) < 4.78 is 0. The van der Waals surface area contributed by atoms with Crippen LogP contribution in [0.15, 0.2) is 72.8 Å². The Balaban J connectivity index is 1.95. The Morgan fingerprint density at radius 2 is 1.07 bits per heavy atom. The third kappa shape index (κ3) is 2.39. The highest BCUT2D eigenvalue weighted by atomic mass is 16.4. The van der Waals surface area contributed by atoms with E-state index >= 15 is 0 Å². The van der Waals surface area contributed by atoms with Crippen molar-refractivity contribution >= 4 is 55.0 Å². The molecule has 0 spiro atoms. The SMILES string of the molecule is O=C(O)c1ccc2cc3c(C(=O)O)c4cc5ccccc5cc4cc3cc2c1. The van der Waals surface area contributed by atoms with Gasteiger partial charge in [-0.1, -0.05) is 30.3 Å². The summed E-state index contributed by atoms with van der Waals surface area (Å²) in [7, 11) is 0. The quantitative estimate of drug-likeness (QED) is 0.393. The van der Waals surface area contributed by atoms with Crippen molar-refractivity contribution in [3.8, 4) is 0 Å². The van der Waals surface area contributed by atoms with E-state index in [0.717, 1.165) is 32.3 Å². The molecule has 5 aromatic carbocycles. The minimum atomic E-state index is -0.988. The molecule has 0 unspecified atom stereocenters. The van der Waals surface area contributed by atoms with Crippen molar-refractivity contribution in [2.45, 2.75) is 0 Å². The Morgan fingerprint density at radius 1 is 0.536 bits per heavy atom. The highest BCUT2D eigenvalue weighted by Gasteiger charge is 2.16. The van der Waals surface area contributed by atoms with E-state index in [4.69, 9.17) is 0 Å². The fourth-order valence-corrected chi connectivity index (χ4v) is 3.92. The van der Waals surface area contributed by atoms with Crippen LogP contribution < -0.4 is 0 Å². The first-order valence-corrected chi connectivity index (χ1v) is 8.81. The van der Waals surface area contributed by atoms with Crippen molar-refractivity contribution in [3.05, 3.63) is 83.9 Å². The van der Waals surface area contributed by atoms with Crippen molar-refractivity contribution in [3.63, 3.8) is 0 Å². The Morgan fingerprint density at radius 3 is 1.68 bits per heavy atom. The summed E-state index contributed by atoms with van der Waals surface area (Å²) in [5.74, 6) is -1.97. The van der Waals surface area contributed by atoms with Gasteiger partial charge in [0.25, 0.3) is 0 Å². The predicted octanol–water partition coefficient (Wildman–Crippen LogP) is 5.70. The lowest BCUT2D eigenvalue weighted by atomic mass is 9.92. The molecule has 0 heterocycles. The Labute approximate surface area is 159 Å². The van der Waals surface area contributed by atoms with Gasteiger partial charge in [0.15, 0.2) is 0 Å². The van der Waals surface area contributed by atoms with E-state index in [1.165, 1.54) is 6.07 Å². The molecule has 4 heteroatoms. The van der Waals surface area contributed by atoms with Crippen LogP contribution >= 0.6 is 0 Å².